The standard InChI is InChI=1S/C13H24N2O2.ClH/c1-14-10-13(16)15-8-6-12(7-9-15)17-11-4-2-3-5-11;/h11-12,14H,2-10H2,1H3;1H. The summed E-state index contributed by atoms with van der Waals surface area (Å²) >= 11 is 0. The second kappa shape index (κ2) is 7.97. The molecule has 4 nitrogen and oxygen atoms in total. The Labute approximate surface area is 116 Å². The van der Waals surface area contributed by atoms with E-state index < -0.39 is 0 Å². The molecule has 0 aromatic carbocycles. The fourth-order valence-corrected chi connectivity index (χ4v) is 2.80. The maximum absolute atomic E-state index is 11.7. The summed E-state index contributed by atoms with van der Waals surface area (Å²) in [5, 5.41) is 2.91. The fraction of sp³-hybridized carbons (Fsp3) is 0.923. The number of carbonyl (C=O) groups is 1. The van der Waals surface area contributed by atoms with E-state index in [2.05, 4.69) is 5.32 Å². The largest absolute Gasteiger partial charge is 0.375 e. The van der Waals surface area contributed by atoms with Gasteiger partial charge in [0.05, 0.1) is 18.8 Å². The third-order valence-electron chi connectivity index (χ3n) is 3.81. The van der Waals surface area contributed by atoms with Crippen LogP contribution in [-0.4, -0.2) is 49.7 Å². The van der Waals surface area contributed by atoms with Gasteiger partial charge in [-0.3, -0.25) is 4.79 Å². The van der Waals surface area contributed by atoms with Crippen molar-refractivity contribution in [3.63, 3.8) is 0 Å². The molecule has 0 atom stereocenters. The van der Waals surface area contributed by atoms with Crippen LogP contribution in [0.1, 0.15) is 38.5 Å². The summed E-state index contributed by atoms with van der Waals surface area (Å²) in [4.78, 5) is 13.6. The highest BCUT2D eigenvalue weighted by Crippen LogP contribution is 2.25. The number of hydrogen-bond acceptors (Lipinski definition) is 3. The number of piperidine rings is 1. The molecule has 18 heavy (non-hydrogen) atoms. The van der Waals surface area contributed by atoms with E-state index in [4.69, 9.17) is 4.74 Å². The van der Waals surface area contributed by atoms with Gasteiger partial charge >= 0.3 is 0 Å². The molecule has 1 amide bonds. The van der Waals surface area contributed by atoms with Crippen molar-refractivity contribution in [3.8, 4) is 0 Å². The third-order valence-corrected chi connectivity index (χ3v) is 3.81. The van der Waals surface area contributed by atoms with Gasteiger partial charge in [0.25, 0.3) is 0 Å². The summed E-state index contributed by atoms with van der Waals surface area (Å²) in [5.41, 5.74) is 0. The summed E-state index contributed by atoms with van der Waals surface area (Å²) < 4.78 is 6.09. The van der Waals surface area contributed by atoms with Crippen molar-refractivity contribution >= 4 is 18.3 Å². The topological polar surface area (TPSA) is 41.6 Å². The maximum Gasteiger partial charge on any atom is 0.236 e. The molecule has 0 aromatic heterocycles. The number of nitrogens with zero attached hydrogens (tertiary/aromatic N) is 1. The number of hydrogen-bond donors (Lipinski definition) is 1. The van der Waals surface area contributed by atoms with Gasteiger partial charge in [0, 0.05) is 13.1 Å². The average molecular weight is 277 g/mol. The Hall–Kier alpha value is -0.320. The predicted molar refractivity (Wildman–Crippen MR) is 74.1 cm³/mol. The zero-order chi connectivity index (χ0) is 12.1. The van der Waals surface area contributed by atoms with Gasteiger partial charge < -0.3 is 15.0 Å². The van der Waals surface area contributed by atoms with Crippen LogP contribution in [0.4, 0.5) is 0 Å². The Morgan fingerprint density at radius 2 is 1.72 bits per heavy atom. The number of likely N-dealkylation sites (N-methyl/N-ethyl adjacent to an activating group) is 1. The van der Waals surface area contributed by atoms with E-state index in [0.717, 1.165) is 25.9 Å². The van der Waals surface area contributed by atoms with Crippen molar-refractivity contribution in [1.29, 1.82) is 0 Å². The van der Waals surface area contributed by atoms with Gasteiger partial charge in [-0.1, -0.05) is 12.8 Å². The molecule has 0 bridgehead atoms. The molecule has 0 aromatic rings. The zero-order valence-electron chi connectivity index (χ0n) is 11.2. The van der Waals surface area contributed by atoms with Crippen LogP contribution in [-0.2, 0) is 9.53 Å². The lowest BCUT2D eigenvalue weighted by atomic mass is 10.1. The molecule has 1 heterocycles. The molecule has 1 N–H and O–H groups in total. The average Bonchev–Trinajstić information content (AvgIpc) is 2.83. The van der Waals surface area contributed by atoms with Crippen molar-refractivity contribution in [2.75, 3.05) is 26.7 Å². The molecule has 0 radical (unpaired) electrons. The van der Waals surface area contributed by atoms with Crippen LogP contribution in [0, 0.1) is 0 Å². The van der Waals surface area contributed by atoms with Crippen LogP contribution >= 0.6 is 12.4 Å². The minimum absolute atomic E-state index is 0. The quantitative estimate of drug-likeness (QED) is 0.848. The Bertz CT molecular complexity index is 249. The van der Waals surface area contributed by atoms with Gasteiger partial charge in [-0.25, -0.2) is 0 Å². The number of nitrogens with one attached hydrogen (secondary N) is 1. The van der Waals surface area contributed by atoms with Crippen molar-refractivity contribution in [2.24, 2.45) is 0 Å². The van der Waals surface area contributed by atoms with Crippen LogP contribution < -0.4 is 5.32 Å². The highest BCUT2D eigenvalue weighted by atomic mass is 35.5. The smallest absolute Gasteiger partial charge is 0.236 e. The zero-order valence-corrected chi connectivity index (χ0v) is 12.0. The Kier molecular flexibility index (Phi) is 6.97. The number of rotatable bonds is 4. The molecule has 2 rings (SSSR count). The van der Waals surface area contributed by atoms with E-state index in [-0.39, 0.29) is 18.3 Å². The molecule has 1 aliphatic carbocycles. The van der Waals surface area contributed by atoms with Crippen LogP contribution in [0.2, 0.25) is 0 Å². The first kappa shape index (κ1) is 15.7. The molecule has 1 saturated heterocycles. The minimum atomic E-state index is 0. The van der Waals surface area contributed by atoms with Crippen LogP contribution in [0.25, 0.3) is 0 Å². The molecule has 2 aliphatic rings. The Morgan fingerprint density at radius 3 is 2.28 bits per heavy atom. The van der Waals surface area contributed by atoms with Gasteiger partial charge in [-0.05, 0) is 32.7 Å². The van der Waals surface area contributed by atoms with Crippen molar-refractivity contribution < 1.29 is 9.53 Å². The highest BCUT2D eigenvalue weighted by Gasteiger charge is 2.26. The van der Waals surface area contributed by atoms with Gasteiger partial charge in [0.2, 0.25) is 5.91 Å². The Morgan fingerprint density at radius 1 is 1.17 bits per heavy atom. The van der Waals surface area contributed by atoms with E-state index >= 15 is 0 Å². The fourth-order valence-electron chi connectivity index (χ4n) is 2.80. The van der Waals surface area contributed by atoms with E-state index in [1.165, 1.54) is 25.7 Å². The Balaban J connectivity index is 0.00000162. The molecule has 1 aliphatic heterocycles. The van der Waals surface area contributed by atoms with E-state index in [1.807, 2.05) is 11.9 Å². The summed E-state index contributed by atoms with van der Waals surface area (Å²) in [5.74, 6) is 0.215. The SMILES string of the molecule is CNCC(=O)N1CCC(OC2CCCC2)CC1.Cl. The molecular formula is C13H25ClN2O2. The van der Waals surface area contributed by atoms with Gasteiger partial charge in [0.1, 0.15) is 0 Å². The lowest BCUT2D eigenvalue weighted by Gasteiger charge is -2.33. The summed E-state index contributed by atoms with van der Waals surface area (Å²) in [7, 11) is 1.81. The molecular weight excluding hydrogens is 252 g/mol. The summed E-state index contributed by atoms with van der Waals surface area (Å²) in [6.45, 7) is 2.17. The number of ether oxygens (including phenoxy) is 1. The van der Waals surface area contributed by atoms with Crippen LogP contribution in [0.15, 0.2) is 0 Å². The molecule has 0 spiro atoms. The second-order valence-corrected chi connectivity index (χ2v) is 5.15. The molecule has 0 unspecified atom stereocenters. The first-order valence-electron chi connectivity index (χ1n) is 6.87. The number of likely N-dealkylation sites (tertiary alicyclic amines) is 1. The number of halogens is 1. The van der Waals surface area contributed by atoms with Gasteiger partial charge in [0.15, 0.2) is 0 Å². The molecule has 1 saturated carbocycles. The van der Waals surface area contributed by atoms with E-state index in [0.29, 0.717) is 18.8 Å². The van der Waals surface area contributed by atoms with E-state index in [1.54, 1.807) is 0 Å². The number of amides is 1. The minimum Gasteiger partial charge on any atom is -0.375 e. The van der Waals surface area contributed by atoms with Crippen LogP contribution in [0.5, 0.6) is 0 Å². The molecule has 2 fully saturated rings. The monoisotopic (exact) mass is 276 g/mol. The van der Waals surface area contributed by atoms with Crippen LogP contribution in [0.3, 0.4) is 0 Å². The molecule has 106 valence electrons. The molecule has 5 heteroatoms. The first-order chi connectivity index (χ1) is 8.29. The first-order valence-corrected chi connectivity index (χ1v) is 6.87. The summed E-state index contributed by atoms with van der Waals surface area (Å²) in [6, 6.07) is 0. The second-order valence-electron chi connectivity index (χ2n) is 5.15. The van der Waals surface area contributed by atoms with Gasteiger partial charge in [-0.15, -0.1) is 12.4 Å². The van der Waals surface area contributed by atoms with Crippen molar-refractivity contribution in [2.45, 2.75) is 50.7 Å². The third kappa shape index (κ3) is 4.41. The lowest BCUT2D eigenvalue weighted by molar-refractivity contribution is -0.133. The van der Waals surface area contributed by atoms with Crippen molar-refractivity contribution in [1.82, 2.24) is 10.2 Å². The van der Waals surface area contributed by atoms with Gasteiger partial charge in [-0.2, -0.15) is 0 Å². The van der Waals surface area contributed by atoms with E-state index in [9.17, 15) is 4.79 Å². The predicted octanol–water partition coefficient (Wildman–Crippen LogP) is 1.58. The highest BCUT2D eigenvalue weighted by molar-refractivity contribution is 5.85. The maximum atomic E-state index is 11.7. The lowest BCUT2D eigenvalue weighted by Crippen LogP contribution is -2.44. The number of carbonyl (C=O) groups excluding carboxylic acids is 1. The summed E-state index contributed by atoms with van der Waals surface area (Å²) in [6.07, 6.45) is 8.01. The van der Waals surface area contributed by atoms with Crippen molar-refractivity contribution in [3.05, 3.63) is 0 Å². The normalized spacial score (nSPS) is 21.9.